The zero-order valence-electron chi connectivity index (χ0n) is 8.92. The van der Waals surface area contributed by atoms with Gasteiger partial charge in [-0.25, -0.2) is 0 Å². The lowest BCUT2D eigenvalue weighted by Crippen LogP contribution is -2.53. The lowest BCUT2D eigenvalue weighted by Gasteiger charge is -2.43. The minimum atomic E-state index is 0. The van der Waals surface area contributed by atoms with E-state index in [9.17, 15) is 0 Å². The first kappa shape index (κ1) is 12.9. The zero-order chi connectivity index (χ0) is 9.35. The van der Waals surface area contributed by atoms with Gasteiger partial charge in [-0.2, -0.15) is 0 Å². The van der Waals surface area contributed by atoms with E-state index in [-0.39, 0.29) is 13.0 Å². The summed E-state index contributed by atoms with van der Waals surface area (Å²) >= 11 is 0. The number of hydrogen-bond donors (Lipinski definition) is 0. The molecule has 0 N–H and O–H groups in total. The molecule has 0 unspecified atom stereocenters. The largest absolute Gasteiger partial charge is 0.373 e. The molecule has 1 aliphatic heterocycles. The molecular weight excluding hydrogens is 162 g/mol. The fraction of sp³-hybridized carbons (Fsp3) is 1.00. The van der Waals surface area contributed by atoms with Gasteiger partial charge in [0.1, 0.15) is 0 Å². The SMILES string of the molecule is C.C[C@@H]1CN(C(C)(C)C)C[C@H](C)O1. The van der Waals surface area contributed by atoms with Crippen LogP contribution in [-0.4, -0.2) is 35.7 Å². The van der Waals surface area contributed by atoms with Crippen molar-refractivity contribution in [3.8, 4) is 0 Å². The first-order valence-electron chi connectivity index (χ1n) is 4.80. The molecule has 1 fully saturated rings. The van der Waals surface area contributed by atoms with Gasteiger partial charge in [0.25, 0.3) is 0 Å². The Labute approximate surface area is 83.3 Å². The van der Waals surface area contributed by atoms with Gasteiger partial charge in [-0.3, -0.25) is 4.90 Å². The van der Waals surface area contributed by atoms with E-state index in [1.165, 1.54) is 0 Å². The minimum absolute atomic E-state index is 0. The first-order valence-corrected chi connectivity index (χ1v) is 4.80. The molecule has 0 saturated carbocycles. The van der Waals surface area contributed by atoms with Crippen LogP contribution in [0.1, 0.15) is 42.0 Å². The van der Waals surface area contributed by atoms with Crippen LogP contribution in [0.3, 0.4) is 0 Å². The van der Waals surface area contributed by atoms with Gasteiger partial charge in [-0.15, -0.1) is 0 Å². The van der Waals surface area contributed by atoms with Gasteiger partial charge < -0.3 is 4.74 Å². The summed E-state index contributed by atoms with van der Waals surface area (Å²) in [6.45, 7) is 13.2. The van der Waals surface area contributed by atoms with Crippen molar-refractivity contribution >= 4 is 0 Å². The third-order valence-electron chi connectivity index (χ3n) is 2.37. The van der Waals surface area contributed by atoms with Gasteiger partial charge in [0.05, 0.1) is 12.2 Å². The van der Waals surface area contributed by atoms with Crippen LogP contribution in [0.5, 0.6) is 0 Å². The molecule has 0 spiro atoms. The maximum absolute atomic E-state index is 5.67. The molecule has 2 heteroatoms. The lowest BCUT2D eigenvalue weighted by molar-refractivity contribution is -0.0924. The molecule has 1 rings (SSSR count). The van der Waals surface area contributed by atoms with Crippen molar-refractivity contribution in [2.24, 2.45) is 0 Å². The van der Waals surface area contributed by atoms with Crippen molar-refractivity contribution < 1.29 is 4.74 Å². The summed E-state index contributed by atoms with van der Waals surface area (Å²) in [6, 6.07) is 0. The van der Waals surface area contributed by atoms with Crippen molar-refractivity contribution in [2.75, 3.05) is 13.1 Å². The molecule has 13 heavy (non-hydrogen) atoms. The average Bonchev–Trinajstić information content (AvgIpc) is 1.82. The van der Waals surface area contributed by atoms with Crippen LogP contribution in [0.25, 0.3) is 0 Å². The Hall–Kier alpha value is -0.0800. The van der Waals surface area contributed by atoms with Crippen LogP contribution >= 0.6 is 0 Å². The lowest BCUT2D eigenvalue weighted by atomic mass is 10.0. The van der Waals surface area contributed by atoms with Crippen molar-refractivity contribution in [3.63, 3.8) is 0 Å². The van der Waals surface area contributed by atoms with Gasteiger partial charge in [0.2, 0.25) is 0 Å². The van der Waals surface area contributed by atoms with Gasteiger partial charge in [-0.1, -0.05) is 7.43 Å². The summed E-state index contributed by atoms with van der Waals surface area (Å²) in [6.07, 6.45) is 0.765. The number of hydrogen-bond acceptors (Lipinski definition) is 2. The Morgan fingerprint density at radius 3 is 1.77 bits per heavy atom. The first-order chi connectivity index (χ1) is 5.39. The van der Waals surface area contributed by atoms with Crippen LogP contribution in [0.4, 0.5) is 0 Å². The maximum atomic E-state index is 5.67. The molecule has 0 aromatic carbocycles. The Morgan fingerprint density at radius 2 is 1.46 bits per heavy atom. The Bertz CT molecular complexity index is 141. The second-order valence-electron chi connectivity index (χ2n) is 4.83. The van der Waals surface area contributed by atoms with E-state index in [0.717, 1.165) is 13.1 Å². The minimum Gasteiger partial charge on any atom is -0.373 e. The topological polar surface area (TPSA) is 12.5 Å². The van der Waals surface area contributed by atoms with E-state index < -0.39 is 0 Å². The Morgan fingerprint density at radius 1 is 1.08 bits per heavy atom. The van der Waals surface area contributed by atoms with Gasteiger partial charge in [0.15, 0.2) is 0 Å². The molecule has 2 nitrogen and oxygen atoms in total. The molecule has 0 aromatic rings. The molecular formula is C11H25NO. The fourth-order valence-electron chi connectivity index (χ4n) is 1.73. The van der Waals surface area contributed by atoms with E-state index in [4.69, 9.17) is 4.74 Å². The van der Waals surface area contributed by atoms with Crippen LogP contribution in [0, 0.1) is 0 Å². The quantitative estimate of drug-likeness (QED) is 0.578. The highest BCUT2D eigenvalue weighted by atomic mass is 16.5. The van der Waals surface area contributed by atoms with Crippen molar-refractivity contribution in [1.82, 2.24) is 4.90 Å². The normalized spacial score (nSPS) is 31.2. The summed E-state index contributed by atoms with van der Waals surface area (Å²) < 4.78 is 5.67. The van der Waals surface area contributed by atoms with E-state index in [2.05, 4.69) is 39.5 Å². The molecule has 2 atom stereocenters. The Kier molecular flexibility index (Phi) is 4.40. The van der Waals surface area contributed by atoms with Crippen LogP contribution in [-0.2, 0) is 4.74 Å². The monoisotopic (exact) mass is 187 g/mol. The second kappa shape index (κ2) is 4.43. The summed E-state index contributed by atoms with van der Waals surface area (Å²) in [4.78, 5) is 2.49. The summed E-state index contributed by atoms with van der Waals surface area (Å²) in [5, 5.41) is 0. The molecule has 80 valence electrons. The highest BCUT2D eigenvalue weighted by Crippen LogP contribution is 2.19. The van der Waals surface area contributed by atoms with Crippen molar-refractivity contribution in [1.29, 1.82) is 0 Å². The average molecular weight is 187 g/mol. The number of ether oxygens (including phenoxy) is 1. The summed E-state index contributed by atoms with van der Waals surface area (Å²) in [5.41, 5.74) is 0.284. The highest BCUT2D eigenvalue weighted by Gasteiger charge is 2.29. The fourth-order valence-corrected chi connectivity index (χ4v) is 1.73. The maximum Gasteiger partial charge on any atom is 0.0678 e. The molecule has 0 amide bonds. The number of rotatable bonds is 0. The second-order valence-corrected chi connectivity index (χ2v) is 4.83. The molecule has 0 bridgehead atoms. The van der Waals surface area contributed by atoms with E-state index in [0.29, 0.717) is 12.2 Å². The van der Waals surface area contributed by atoms with Crippen LogP contribution < -0.4 is 0 Å². The molecule has 1 heterocycles. The van der Waals surface area contributed by atoms with Crippen LogP contribution in [0.15, 0.2) is 0 Å². The highest BCUT2D eigenvalue weighted by molar-refractivity contribution is 4.82. The summed E-state index contributed by atoms with van der Waals surface area (Å²) in [7, 11) is 0. The van der Waals surface area contributed by atoms with Gasteiger partial charge in [0, 0.05) is 18.6 Å². The van der Waals surface area contributed by atoms with Crippen LogP contribution in [0.2, 0.25) is 0 Å². The molecule has 0 aliphatic carbocycles. The molecule has 0 radical (unpaired) electrons. The van der Waals surface area contributed by atoms with E-state index >= 15 is 0 Å². The standard InChI is InChI=1S/C10H21NO.CH4/c1-8-6-11(10(3,4)5)7-9(2)12-8;/h8-9H,6-7H2,1-5H3;1H4/t8-,9+;. The zero-order valence-corrected chi connectivity index (χ0v) is 8.92. The van der Waals surface area contributed by atoms with Crippen molar-refractivity contribution in [3.05, 3.63) is 0 Å². The number of morpholine rings is 1. The molecule has 0 aromatic heterocycles. The van der Waals surface area contributed by atoms with E-state index in [1.807, 2.05) is 0 Å². The number of nitrogens with zero attached hydrogens (tertiary/aromatic N) is 1. The molecule has 1 aliphatic rings. The smallest absolute Gasteiger partial charge is 0.0678 e. The van der Waals surface area contributed by atoms with Gasteiger partial charge >= 0.3 is 0 Å². The third kappa shape index (κ3) is 3.65. The van der Waals surface area contributed by atoms with Crippen molar-refractivity contribution in [2.45, 2.75) is 59.8 Å². The van der Waals surface area contributed by atoms with E-state index in [1.54, 1.807) is 0 Å². The molecule has 1 saturated heterocycles. The van der Waals surface area contributed by atoms with Gasteiger partial charge in [-0.05, 0) is 34.6 Å². The Balaban J connectivity index is 0.00000144. The predicted molar refractivity (Wildman–Crippen MR) is 58.1 cm³/mol. The predicted octanol–water partition coefficient (Wildman–Crippen LogP) is 2.53. The third-order valence-corrected chi connectivity index (χ3v) is 2.37. The summed E-state index contributed by atoms with van der Waals surface area (Å²) in [5.74, 6) is 0.